The van der Waals surface area contributed by atoms with Crippen LogP contribution in [0, 0.1) is 11.3 Å². The maximum absolute atomic E-state index is 10.9. The normalized spacial score (nSPS) is 9.69. The molecule has 0 unspecified atom stereocenters. The van der Waals surface area contributed by atoms with Crippen LogP contribution < -0.4 is 0 Å². The molecule has 0 amide bonds. The minimum atomic E-state index is -1.04. The van der Waals surface area contributed by atoms with Crippen LogP contribution in [0.25, 0.3) is 5.69 Å². The molecule has 1 aromatic carbocycles. The highest BCUT2D eigenvalue weighted by atomic mass is 16.4. The van der Waals surface area contributed by atoms with Crippen LogP contribution in [0.15, 0.2) is 42.7 Å². The molecule has 0 fully saturated rings. The van der Waals surface area contributed by atoms with Gasteiger partial charge in [-0.05, 0) is 30.3 Å². The molecule has 4 heteroatoms. The summed E-state index contributed by atoms with van der Waals surface area (Å²) in [6.07, 6.45) is 3.59. The molecule has 1 heterocycles. The second-order valence-corrected chi connectivity index (χ2v) is 3.28. The van der Waals surface area contributed by atoms with E-state index in [1.54, 1.807) is 23.0 Å². The van der Waals surface area contributed by atoms with E-state index in [1.807, 2.05) is 18.2 Å². The van der Waals surface area contributed by atoms with Gasteiger partial charge >= 0.3 is 5.97 Å². The number of carboxylic acids is 1. The molecular formula is C12H8N2O2. The van der Waals surface area contributed by atoms with E-state index in [2.05, 4.69) is 0 Å². The first-order chi connectivity index (χ1) is 7.70. The highest BCUT2D eigenvalue weighted by Crippen LogP contribution is 2.14. The first kappa shape index (κ1) is 9.99. The van der Waals surface area contributed by atoms with Gasteiger partial charge in [-0.25, -0.2) is 4.79 Å². The van der Waals surface area contributed by atoms with Crippen molar-refractivity contribution in [2.45, 2.75) is 0 Å². The first-order valence-corrected chi connectivity index (χ1v) is 4.62. The third kappa shape index (κ3) is 1.79. The van der Waals surface area contributed by atoms with E-state index in [0.717, 1.165) is 0 Å². The molecule has 0 saturated heterocycles. The molecule has 0 aliphatic heterocycles. The molecule has 2 rings (SSSR count). The molecular weight excluding hydrogens is 204 g/mol. The Hall–Kier alpha value is -2.54. The summed E-state index contributed by atoms with van der Waals surface area (Å²) in [7, 11) is 0. The zero-order chi connectivity index (χ0) is 11.5. The van der Waals surface area contributed by atoms with Crippen LogP contribution in [-0.4, -0.2) is 15.6 Å². The Kier molecular flexibility index (Phi) is 2.44. The maximum atomic E-state index is 10.9. The number of nitrogens with zero attached hydrogens (tertiary/aromatic N) is 2. The van der Waals surface area contributed by atoms with Gasteiger partial charge in [0.15, 0.2) is 0 Å². The lowest BCUT2D eigenvalue weighted by atomic mass is 10.1. The van der Waals surface area contributed by atoms with Crippen molar-refractivity contribution in [3.8, 4) is 11.8 Å². The van der Waals surface area contributed by atoms with Gasteiger partial charge in [-0.1, -0.05) is 0 Å². The van der Waals surface area contributed by atoms with Gasteiger partial charge in [0.2, 0.25) is 0 Å². The van der Waals surface area contributed by atoms with Gasteiger partial charge in [0, 0.05) is 18.1 Å². The van der Waals surface area contributed by atoms with Gasteiger partial charge in [0.05, 0.1) is 17.2 Å². The molecule has 0 aliphatic rings. The Labute approximate surface area is 92.0 Å². The van der Waals surface area contributed by atoms with Crippen LogP contribution in [0.2, 0.25) is 0 Å². The molecule has 0 bridgehead atoms. The van der Waals surface area contributed by atoms with Crippen LogP contribution in [0.1, 0.15) is 15.9 Å². The van der Waals surface area contributed by atoms with Gasteiger partial charge in [-0.15, -0.1) is 0 Å². The van der Waals surface area contributed by atoms with Gasteiger partial charge in [-0.2, -0.15) is 5.26 Å². The Morgan fingerprint density at radius 1 is 1.25 bits per heavy atom. The van der Waals surface area contributed by atoms with E-state index in [9.17, 15) is 4.79 Å². The van der Waals surface area contributed by atoms with Crippen molar-refractivity contribution in [2.24, 2.45) is 0 Å². The lowest BCUT2D eigenvalue weighted by Gasteiger charge is -2.04. The van der Waals surface area contributed by atoms with Crippen molar-refractivity contribution in [1.29, 1.82) is 5.26 Å². The van der Waals surface area contributed by atoms with E-state index in [-0.39, 0.29) is 5.56 Å². The molecule has 0 aliphatic carbocycles. The standard InChI is InChI=1S/C12H8N2O2/c13-8-9-5-10(12(15)16)7-11(6-9)14-3-1-2-4-14/h1-7H,(H,15,16). The predicted octanol–water partition coefficient (Wildman–Crippen LogP) is 2.05. The van der Waals surface area contributed by atoms with Crippen LogP contribution in [0.5, 0.6) is 0 Å². The Morgan fingerprint density at radius 3 is 2.50 bits per heavy atom. The fraction of sp³-hybridized carbons (Fsp3) is 0. The molecule has 78 valence electrons. The number of hydrogen-bond acceptors (Lipinski definition) is 2. The second kappa shape index (κ2) is 3.91. The molecule has 0 saturated carbocycles. The number of carbonyl (C=O) groups is 1. The van der Waals surface area contributed by atoms with Crippen molar-refractivity contribution >= 4 is 5.97 Å². The van der Waals surface area contributed by atoms with Crippen molar-refractivity contribution in [3.05, 3.63) is 53.9 Å². The minimum absolute atomic E-state index is 0.114. The molecule has 1 aromatic heterocycles. The van der Waals surface area contributed by atoms with Crippen LogP contribution in [-0.2, 0) is 0 Å². The van der Waals surface area contributed by atoms with E-state index in [0.29, 0.717) is 11.3 Å². The average molecular weight is 212 g/mol. The topological polar surface area (TPSA) is 66.0 Å². The average Bonchev–Trinajstić information content (AvgIpc) is 2.81. The van der Waals surface area contributed by atoms with Crippen molar-refractivity contribution in [3.63, 3.8) is 0 Å². The highest BCUT2D eigenvalue weighted by Gasteiger charge is 2.07. The third-order valence-corrected chi connectivity index (χ3v) is 2.20. The summed E-state index contributed by atoms with van der Waals surface area (Å²) in [5, 5.41) is 17.7. The fourth-order valence-electron chi connectivity index (χ4n) is 1.45. The zero-order valence-corrected chi connectivity index (χ0v) is 8.29. The van der Waals surface area contributed by atoms with Gasteiger partial charge in [-0.3, -0.25) is 0 Å². The van der Waals surface area contributed by atoms with Crippen LogP contribution in [0.3, 0.4) is 0 Å². The van der Waals surface area contributed by atoms with Crippen molar-refractivity contribution in [1.82, 2.24) is 4.57 Å². The fourth-order valence-corrected chi connectivity index (χ4v) is 1.45. The summed E-state index contributed by atoms with van der Waals surface area (Å²) >= 11 is 0. The summed E-state index contributed by atoms with van der Waals surface area (Å²) in [5.41, 5.74) is 1.12. The van der Waals surface area contributed by atoms with E-state index < -0.39 is 5.97 Å². The summed E-state index contributed by atoms with van der Waals surface area (Å²) in [4.78, 5) is 10.9. The lowest BCUT2D eigenvalue weighted by Crippen LogP contribution is -2.00. The highest BCUT2D eigenvalue weighted by molar-refractivity contribution is 5.88. The third-order valence-electron chi connectivity index (χ3n) is 2.20. The number of hydrogen-bond donors (Lipinski definition) is 1. The molecule has 0 atom stereocenters. The Bertz CT molecular complexity index is 565. The lowest BCUT2D eigenvalue weighted by molar-refractivity contribution is 0.0697. The predicted molar refractivity (Wildman–Crippen MR) is 57.4 cm³/mol. The number of aromatic nitrogens is 1. The number of nitriles is 1. The van der Waals surface area contributed by atoms with Gasteiger partial charge in [0.25, 0.3) is 0 Å². The Morgan fingerprint density at radius 2 is 1.94 bits per heavy atom. The first-order valence-electron chi connectivity index (χ1n) is 4.62. The molecule has 16 heavy (non-hydrogen) atoms. The quantitative estimate of drug-likeness (QED) is 0.828. The summed E-state index contributed by atoms with van der Waals surface area (Å²) in [5.74, 6) is -1.04. The summed E-state index contributed by atoms with van der Waals surface area (Å²) < 4.78 is 1.76. The van der Waals surface area contributed by atoms with Crippen molar-refractivity contribution in [2.75, 3.05) is 0 Å². The monoisotopic (exact) mass is 212 g/mol. The van der Waals surface area contributed by atoms with Gasteiger partial charge in [0.1, 0.15) is 0 Å². The van der Waals surface area contributed by atoms with Gasteiger partial charge < -0.3 is 9.67 Å². The van der Waals surface area contributed by atoms with Crippen LogP contribution >= 0.6 is 0 Å². The molecule has 0 spiro atoms. The molecule has 1 N–H and O–H groups in total. The molecule has 2 aromatic rings. The molecule has 4 nitrogen and oxygen atoms in total. The number of benzene rings is 1. The van der Waals surface area contributed by atoms with Crippen molar-refractivity contribution < 1.29 is 9.90 Å². The minimum Gasteiger partial charge on any atom is -0.478 e. The van der Waals surface area contributed by atoms with Crippen LogP contribution in [0.4, 0.5) is 0 Å². The maximum Gasteiger partial charge on any atom is 0.335 e. The molecule has 0 radical (unpaired) electrons. The summed E-state index contributed by atoms with van der Waals surface area (Å²) in [6.45, 7) is 0. The largest absolute Gasteiger partial charge is 0.478 e. The smallest absolute Gasteiger partial charge is 0.335 e. The Balaban J connectivity index is 2.59. The van der Waals surface area contributed by atoms with E-state index in [4.69, 9.17) is 10.4 Å². The van der Waals surface area contributed by atoms with E-state index in [1.165, 1.54) is 12.1 Å². The van der Waals surface area contributed by atoms with E-state index >= 15 is 0 Å². The number of rotatable bonds is 2. The summed E-state index contributed by atoms with van der Waals surface area (Å²) in [6, 6.07) is 10.1. The number of aromatic carboxylic acids is 1. The SMILES string of the molecule is N#Cc1cc(C(=O)O)cc(-n2cccc2)c1. The zero-order valence-electron chi connectivity index (χ0n) is 8.29. The number of carboxylic acid groups (broad SMARTS) is 1. The second-order valence-electron chi connectivity index (χ2n) is 3.28.